The molecule has 1 atom stereocenters. The normalized spacial score (nSPS) is 17.6. The molecular formula is C19H24F3N9O3. The van der Waals surface area contributed by atoms with E-state index < -0.39 is 24.0 Å². The number of amides is 2. The van der Waals surface area contributed by atoms with E-state index in [1.54, 1.807) is 9.80 Å². The molecular weight excluding hydrogens is 459 g/mol. The third kappa shape index (κ3) is 5.41. The molecule has 0 aromatic carbocycles. The number of nitrogens with zero attached hydrogens (tertiary/aromatic N) is 7. The second kappa shape index (κ2) is 9.50. The predicted molar refractivity (Wildman–Crippen MR) is 110 cm³/mol. The number of hydrogen-bond acceptors (Lipinski definition) is 9. The van der Waals surface area contributed by atoms with Crippen molar-refractivity contribution in [1.82, 2.24) is 39.8 Å². The summed E-state index contributed by atoms with van der Waals surface area (Å²) in [5.41, 5.74) is 0.109. The highest BCUT2D eigenvalue weighted by atomic mass is 19.4. The monoisotopic (exact) mass is 483 g/mol. The Morgan fingerprint density at radius 2 is 2.00 bits per heavy atom. The average molecular weight is 483 g/mol. The van der Waals surface area contributed by atoms with E-state index in [-0.39, 0.29) is 56.2 Å². The van der Waals surface area contributed by atoms with Crippen LogP contribution in [0.5, 0.6) is 0 Å². The Balaban J connectivity index is 1.24. The number of carbonyl (C=O) groups is 2. The first kappa shape index (κ1) is 23.8. The van der Waals surface area contributed by atoms with E-state index >= 15 is 0 Å². The van der Waals surface area contributed by atoms with E-state index in [1.165, 1.54) is 19.3 Å². The fourth-order valence-electron chi connectivity index (χ4n) is 3.83. The molecule has 34 heavy (non-hydrogen) atoms. The Bertz CT molecular complexity index is 1060. The SMILES string of the molecule is CC(=O)N1CC(Nc2cc(C(=O)NC[C@H](O)CN3CCn4c(nnc4C(F)(F)F)C3)ncn2)C1. The first-order valence-corrected chi connectivity index (χ1v) is 10.6. The standard InChI is InChI=1S/C19H24F3N9O3/c1-11(32)30-6-12(7-30)26-15-4-14(24-10-25-15)17(34)23-5-13(33)8-29-2-3-31-16(9-29)27-28-18(31)19(20,21)22/h4,10,12-13,33H,2-3,5-9H2,1H3,(H,23,34)(H,24,25,26)/t13-/m0/s1. The molecule has 4 heterocycles. The Morgan fingerprint density at radius 3 is 2.71 bits per heavy atom. The molecule has 0 spiro atoms. The number of rotatable bonds is 7. The number of aliphatic hydroxyl groups is 1. The van der Waals surface area contributed by atoms with Crippen LogP contribution >= 0.6 is 0 Å². The van der Waals surface area contributed by atoms with Crippen LogP contribution in [0.15, 0.2) is 12.4 Å². The zero-order valence-electron chi connectivity index (χ0n) is 18.3. The quantitative estimate of drug-likeness (QED) is 0.468. The molecule has 0 saturated carbocycles. The van der Waals surface area contributed by atoms with E-state index in [9.17, 15) is 27.9 Å². The van der Waals surface area contributed by atoms with Gasteiger partial charge in [-0.1, -0.05) is 0 Å². The number of alkyl halides is 3. The van der Waals surface area contributed by atoms with Gasteiger partial charge in [0.15, 0.2) is 0 Å². The van der Waals surface area contributed by atoms with Crippen molar-refractivity contribution in [2.24, 2.45) is 0 Å². The van der Waals surface area contributed by atoms with Crippen LogP contribution in [0.3, 0.4) is 0 Å². The van der Waals surface area contributed by atoms with Gasteiger partial charge in [0.05, 0.1) is 18.7 Å². The number of likely N-dealkylation sites (tertiary alicyclic amines) is 1. The summed E-state index contributed by atoms with van der Waals surface area (Å²) in [4.78, 5) is 35.1. The minimum atomic E-state index is -4.57. The van der Waals surface area contributed by atoms with Crippen LogP contribution in [0, 0.1) is 0 Å². The number of β-amino-alcohol motifs (C(OH)–C–C–N with tert-alkyl or cyclic N) is 1. The van der Waals surface area contributed by atoms with Gasteiger partial charge in [-0.3, -0.25) is 14.5 Å². The van der Waals surface area contributed by atoms with Gasteiger partial charge in [-0.25, -0.2) is 9.97 Å². The number of fused-ring (bicyclic) bond motifs is 1. The van der Waals surface area contributed by atoms with Gasteiger partial charge < -0.3 is 25.2 Å². The third-order valence-corrected chi connectivity index (χ3v) is 5.63. The van der Waals surface area contributed by atoms with Gasteiger partial charge in [-0.2, -0.15) is 13.2 Å². The third-order valence-electron chi connectivity index (χ3n) is 5.63. The van der Waals surface area contributed by atoms with Crippen LogP contribution < -0.4 is 10.6 Å². The molecule has 1 saturated heterocycles. The zero-order valence-corrected chi connectivity index (χ0v) is 18.3. The molecule has 12 nitrogen and oxygen atoms in total. The summed E-state index contributed by atoms with van der Waals surface area (Å²) in [5, 5.41) is 22.9. The molecule has 2 amide bonds. The van der Waals surface area contributed by atoms with E-state index in [4.69, 9.17) is 0 Å². The van der Waals surface area contributed by atoms with Crippen LogP contribution in [0.2, 0.25) is 0 Å². The summed E-state index contributed by atoms with van der Waals surface area (Å²) < 4.78 is 39.9. The molecule has 0 aliphatic carbocycles. The van der Waals surface area contributed by atoms with Gasteiger partial charge in [0.2, 0.25) is 11.7 Å². The number of aromatic nitrogens is 5. The van der Waals surface area contributed by atoms with Crippen LogP contribution in [-0.2, 0) is 24.1 Å². The summed E-state index contributed by atoms with van der Waals surface area (Å²) in [6, 6.07) is 1.52. The van der Waals surface area contributed by atoms with Crippen LogP contribution in [0.4, 0.5) is 19.0 Å². The molecule has 3 N–H and O–H groups in total. The highest BCUT2D eigenvalue weighted by molar-refractivity contribution is 5.92. The maximum Gasteiger partial charge on any atom is 0.451 e. The van der Waals surface area contributed by atoms with Crippen LogP contribution in [0.1, 0.15) is 29.1 Å². The molecule has 184 valence electrons. The smallest absolute Gasteiger partial charge is 0.390 e. The molecule has 2 aromatic heterocycles. The van der Waals surface area contributed by atoms with Crippen molar-refractivity contribution in [1.29, 1.82) is 0 Å². The number of anilines is 1. The number of halogens is 3. The second-order valence-electron chi connectivity index (χ2n) is 8.24. The summed E-state index contributed by atoms with van der Waals surface area (Å²) in [7, 11) is 0. The molecule has 0 unspecified atom stereocenters. The van der Waals surface area contributed by atoms with Crippen molar-refractivity contribution < 1.29 is 27.9 Å². The van der Waals surface area contributed by atoms with Crippen LogP contribution in [-0.4, -0.2) is 96.3 Å². The molecule has 1 fully saturated rings. The lowest BCUT2D eigenvalue weighted by molar-refractivity contribution is -0.148. The largest absolute Gasteiger partial charge is 0.451 e. The summed E-state index contributed by atoms with van der Waals surface area (Å²) in [5.74, 6) is -0.908. The lowest BCUT2D eigenvalue weighted by atomic mass is 10.1. The van der Waals surface area contributed by atoms with Gasteiger partial charge in [0.1, 0.15) is 23.7 Å². The number of aliphatic hydroxyl groups excluding tert-OH is 1. The number of carbonyl (C=O) groups excluding carboxylic acids is 2. The summed E-state index contributed by atoms with van der Waals surface area (Å²) in [6.45, 7) is 3.11. The van der Waals surface area contributed by atoms with E-state index in [0.29, 0.717) is 18.9 Å². The van der Waals surface area contributed by atoms with E-state index in [2.05, 4.69) is 30.8 Å². The second-order valence-corrected chi connectivity index (χ2v) is 8.24. The fourth-order valence-corrected chi connectivity index (χ4v) is 3.83. The maximum atomic E-state index is 12.9. The van der Waals surface area contributed by atoms with Gasteiger partial charge in [-0.15, -0.1) is 10.2 Å². The Kier molecular flexibility index (Phi) is 6.65. The van der Waals surface area contributed by atoms with Crippen LogP contribution in [0.25, 0.3) is 0 Å². The first-order valence-electron chi connectivity index (χ1n) is 10.6. The Hall–Kier alpha value is -3.33. The first-order chi connectivity index (χ1) is 16.1. The molecule has 15 heteroatoms. The van der Waals surface area contributed by atoms with Gasteiger partial charge >= 0.3 is 6.18 Å². The predicted octanol–water partition coefficient (Wildman–Crippen LogP) is -0.664. The van der Waals surface area contributed by atoms with Crippen molar-refractivity contribution in [2.75, 3.05) is 38.0 Å². The average Bonchev–Trinajstić information content (AvgIpc) is 3.18. The lowest BCUT2D eigenvalue weighted by Gasteiger charge is -2.39. The fraction of sp³-hybridized carbons (Fsp3) is 0.579. The van der Waals surface area contributed by atoms with E-state index in [1.807, 2.05) is 0 Å². The van der Waals surface area contributed by atoms with E-state index in [0.717, 1.165) is 4.57 Å². The van der Waals surface area contributed by atoms with Crippen molar-refractivity contribution in [3.8, 4) is 0 Å². The molecule has 0 radical (unpaired) electrons. The number of hydrogen-bond donors (Lipinski definition) is 3. The van der Waals surface area contributed by atoms with Crippen molar-refractivity contribution in [2.45, 2.75) is 38.3 Å². The Morgan fingerprint density at radius 1 is 1.24 bits per heavy atom. The van der Waals surface area contributed by atoms with Crippen molar-refractivity contribution >= 4 is 17.6 Å². The molecule has 2 aromatic rings. The van der Waals surface area contributed by atoms with Gasteiger partial charge in [0.25, 0.3) is 5.91 Å². The highest BCUT2D eigenvalue weighted by Gasteiger charge is 2.39. The molecule has 4 rings (SSSR count). The molecule has 0 bridgehead atoms. The molecule has 2 aliphatic heterocycles. The lowest BCUT2D eigenvalue weighted by Crippen LogP contribution is -2.56. The minimum Gasteiger partial charge on any atom is -0.390 e. The minimum absolute atomic E-state index is 0.00290. The van der Waals surface area contributed by atoms with Crippen molar-refractivity contribution in [3.05, 3.63) is 29.7 Å². The Labute approximate surface area is 192 Å². The van der Waals surface area contributed by atoms with Crippen molar-refractivity contribution in [3.63, 3.8) is 0 Å². The molecule has 2 aliphatic rings. The number of nitrogens with one attached hydrogen (secondary N) is 2. The topological polar surface area (TPSA) is 141 Å². The highest BCUT2D eigenvalue weighted by Crippen LogP contribution is 2.29. The summed E-state index contributed by atoms with van der Waals surface area (Å²) >= 11 is 0. The summed E-state index contributed by atoms with van der Waals surface area (Å²) in [6.07, 6.45) is -4.28. The zero-order chi connectivity index (χ0) is 24.5. The maximum absolute atomic E-state index is 12.9. The van der Waals surface area contributed by atoms with Gasteiger partial charge in [-0.05, 0) is 0 Å². The van der Waals surface area contributed by atoms with Gasteiger partial charge in [0, 0.05) is 52.3 Å².